The Balaban J connectivity index is 1.44. The van der Waals surface area contributed by atoms with Gasteiger partial charge < -0.3 is 4.90 Å². The first-order chi connectivity index (χ1) is 14.2. The lowest BCUT2D eigenvalue weighted by Gasteiger charge is -2.22. The Morgan fingerprint density at radius 3 is 2.79 bits per heavy atom. The third-order valence-corrected chi connectivity index (χ3v) is 6.96. The minimum atomic E-state index is 0.118. The van der Waals surface area contributed by atoms with Gasteiger partial charge in [-0.2, -0.15) is 0 Å². The number of carbonyl (C=O) groups excluding carboxylic acids is 1. The predicted octanol–water partition coefficient (Wildman–Crippen LogP) is 5.43. The lowest BCUT2D eigenvalue weighted by Crippen LogP contribution is -2.37. The van der Waals surface area contributed by atoms with Crippen LogP contribution in [0.3, 0.4) is 0 Å². The number of thioether (sulfide) groups is 1. The SMILES string of the molecule is CC1Cc2ccccc2N1C(=O)CSc1nc(-c2cccs2)nc2ccccc12. The number of para-hydroxylation sites is 2. The van der Waals surface area contributed by atoms with Gasteiger partial charge in [-0.15, -0.1) is 11.3 Å². The fourth-order valence-electron chi connectivity index (χ4n) is 3.82. The van der Waals surface area contributed by atoms with Crippen molar-refractivity contribution < 1.29 is 4.79 Å². The van der Waals surface area contributed by atoms with Gasteiger partial charge in [-0.1, -0.05) is 54.2 Å². The topological polar surface area (TPSA) is 46.1 Å². The van der Waals surface area contributed by atoms with Crippen molar-refractivity contribution in [3.63, 3.8) is 0 Å². The molecular weight excluding hydrogens is 398 g/mol. The molecule has 1 atom stereocenters. The molecule has 0 spiro atoms. The average molecular weight is 418 g/mol. The maximum Gasteiger partial charge on any atom is 0.237 e. The quantitative estimate of drug-likeness (QED) is 0.328. The molecule has 1 aliphatic rings. The molecule has 1 unspecified atom stereocenters. The second-order valence-corrected chi connectivity index (χ2v) is 8.99. The van der Waals surface area contributed by atoms with Crippen molar-refractivity contribution in [3.05, 3.63) is 71.6 Å². The Morgan fingerprint density at radius 2 is 1.93 bits per heavy atom. The van der Waals surface area contributed by atoms with Crippen LogP contribution < -0.4 is 4.90 Å². The number of hydrogen-bond acceptors (Lipinski definition) is 5. The fourth-order valence-corrected chi connectivity index (χ4v) is 5.35. The number of anilines is 1. The molecule has 4 aromatic rings. The highest BCUT2D eigenvalue weighted by Crippen LogP contribution is 2.34. The van der Waals surface area contributed by atoms with E-state index in [1.54, 1.807) is 11.3 Å². The molecule has 2 aromatic carbocycles. The number of nitrogens with zero attached hydrogens (tertiary/aromatic N) is 3. The van der Waals surface area contributed by atoms with Crippen molar-refractivity contribution in [1.82, 2.24) is 9.97 Å². The molecule has 0 saturated carbocycles. The normalized spacial score (nSPS) is 15.6. The molecule has 0 saturated heterocycles. The Kier molecular flexibility index (Phi) is 4.81. The van der Waals surface area contributed by atoms with Crippen molar-refractivity contribution in [3.8, 4) is 10.7 Å². The lowest BCUT2D eigenvalue weighted by molar-refractivity contribution is -0.116. The van der Waals surface area contributed by atoms with Gasteiger partial charge in [-0.05, 0) is 42.5 Å². The molecule has 144 valence electrons. The van der Waals surface area contributed by atoms with Crippen molar-refractivity contribution in [1.29, 1.82) is 0 Å². The van der Waals surface area contributed by atoms with Crippen LogP contribution in [0, 0.1) is 0 Å². The van der Waals surface area contributed by atoms with Crippen LogP contribution in [-0.4, -0.2) is 27.7 Å². The Labute approximate surface area is 177 Å². The number of aromatic nitrogens is 2. The lowest BCUT2D eigenvalue weighted by atomic mass is 10.1. The summed E-state index contributed by atoms with van der Waals surface area (Å²) in [5.74, 6) is 1.19. The first kappa shape index (κ1) is 18.3. The highest BCUT2D eigenvalue weighted by Gasteiger charge is 2.30. The zero-order chi connectivity index (χ0) is 19.8. The van der Waals surface area contributed by atoms with Gasteiger partial charge in [-0.25, -0.2) is 9.97 Å². The summed E-state index contributed by atoms with van der Waals surface area (Å²) in [6, 6.07) is 20.4. The first-order valence-corrected chi connectivity index (χ1v) is 11.4. The smallest absolute Gasteiger partial charge is 0.237 e. The molecule has 0 aliphatic carbocycles. The van der Waals surface area contributed by atoms with Crippen molar-refractivity contribution in [2.45, 2.75) is 24.4 Å². The number of benzene rings is 2. The van der Waals surface area contributed by atoms with Gasteiger partial charge in [0.05, 0.1) is 16.1 Å². The maximum absolute atomic E-state index is 13.1. The number of carbonyl (C=O) groups is 1. The largest absolute Gasteiger partial charge is 0.308 e. The summed E-state index contributed by atoms with van der Waals surface area (Å²) in [5.41, 5.74) is 3.18. The summed E-state index contributed by atoms with van der Waals surface area (Å²) in [4.78, 5) is 25.6. The monoisotopic (exact) mass is 417 g/mol. The zero-order valence-corrected chi connectivity index (χ0v) is 17.5. The van der Waals surface area contributed by atoms with Crippen LogP contribution in [0.25, 0.3) is 21.6 Å². The van der Waals surface area contributed by atoms with E-state index < -0.39 is 0 Å². The van der Waals surface area contributed by atoms with E-state index in [-0.39, 0.29) is 11.9 Å². The van der Waals surface area contributed by atoms with Crippen molar-refractivity contribution in [2.75, 3.05) is 10.7 Å². The van der Waals surface area contributed by atoms with Crippen LogP contribution in [0.2, 0.25) is 0 Å². The average Bonchev–Trinajstić information content (AvgIpc) is 3.39. The molecule has 3 heterocycles. The third-order valence-electron chi connectivity index (χ3n) is 5.12. The van der Waals surface area contributed by atoms with Crippen LogP contribution in [0.5, 0.6) is 0 Å². The van der Waals surface area contributed by atoms with E-state index in [9.17, 15) is 4.79 Å². The van der Waals surface area contributed by atoms with Gasteiger partial charge in [0, 0.05) is 17.1 Å². The molecule has 0 radical (unpaired) electrons. The molecule has 6 heteroatoms. The van der Waals surface area contributed by atoms with Gasteiger partial charge in [0.1, 0.15) is 5.03 Å². The fraction of sp³-hybridized carbons (Fsp3) is 0.174. The van der Waals surface area contributed by atoms with E-state index in [1.165, 1.54) is 17.3 Å². The zero-order valence-electron chi connectivity index (χ0n) is 15.9. The van der Waals surface area contributed by atoms with E-state index in [0.717, 1.165) is 32.9 Å². The molecule has 0 bridgehead atoms. The van der Waals surface area contributed by atoms with Gasteiger partial charge in [0.2, 0.25) is 5.91 Å². The van der Waals surface area contributed by atoms with E-state index in [4.69, 9.17) is 9.97 Å². The summed E-state index contributed by atoms with van der Waals surface area (Å²) in [6.45, 7) is 2.11. The predicted molar refractivity (Wildman–Crippen MR) is 121 cm³/mol. The standard InChI is InChI=1S/C23H19N3OS2/c1-15-13-16-7-2-5-10-19(16)26(15)21(27)14-29-23-17-8-3-4-9-18(17)24-22(25-23)20-11-6-12-28-20/h2-12,15H,13-14H2,1H3. The maximum atomic E-state index is 13.1. The van der Waals surface area contributed by atoms with Crippen molar-refractivity contribution >= 4 is 45.6 Å². The van der Waals surface area contributed by atoms with Crippen LogP contribution in [0.1, 0.15) is 12.5 Å². The number of rotatable bonds is 4. The summed E-state index contributed by atoms with van der Waals surface area (Å²) in [7, 11) is 0. The second kappa shape index (κ2) is 7.61. The third kappa shape index (κ3) is 3.43. The van der Waals surface area contributed by atoms with Crippen LogP contribution in [-0.2, 0) is 11.2 Å². The van der Waals surface area contributed by atoms with Crippen LogP contribution in [0.15, 0.2) is 71.1 Å². The Bertz CT molecular complexity index is 1190. The van der Waals surface area contributed by atoms with E-state index in [2.05, 4.69) is 13.0 Å². The van der Waals surface area contributed by atoms with Crippen LogP contribution >= 0.6 is 23.1 Å². The van der Waals surface area contributed by atoms with Crippen molar-refractivity contribution in [2.24, 2.45) is 0 Å². The molecule has 5 rings (SSSR count). The summed E-state index contributed by atoms with van der Waals surface area (Å²) in [5, 5.41) is 3.86. The minimum Gasteiger partial charge on any atom is -0.308 e. The Morgan fingerprint density at radius 1 is 1.10 bits per heavy atom. The second-order valence-electron chi connectivity index (χ2n) is 7.08. The first-order valence-electron chi connectivity index (χ1n) is 9.54. The van der Waals surface area contributed by atoms with Crippen LogP contribution in [0.4, 0.5) is 5.69 Å². The molecule has 0 N–H and O–H groups in total. The highest BCUT2D eigenvalue weighted by atomic mass is 32.2. The van der Waals surface area contributed by atoms with Gasteiger partial charge in [0.15, 0.2) is 5.82 Å². The number of hydrogen-bond donors (Lipinski definition) is 0. The number of thiophene rings is 1. The minimum absolute atomic E-state index is 0.118. The van der Waals surface area contributed by atoms with Gasteiger partial charge >= 0.3 is 0 Å². The molecule has 0 fully saturated rings. The van der Waals surface area contributed by atoms with E-state index >= 15 is 0 Å². The van der Waals surface area contributed by atoms with E-state index in [1.807, 2.05) is 64.9 Å². The van der Waals surface area contributed by atoms with E-state index in [0.29, 0.717) is 11.6 Å². The molecule has 29 heavy (non-hydrogen) atoms. The molecule has 1 aliphatic heterocycles. The molecule has 1 amide bonds. The van der Waals surface area contributed by atoms with Gasteiger partial charge in [0.25, 0.3) is 0 Å². The number of fused-ring (bicyclic) bond motifs is 2. The summed E-state index contributed by atoms with van der Waals surface area (Å²) >= 11 is 3.12. The molecule has 2 aromatic heterocycles. The Hall–Kier alpha value is -2.70. The summed E-state index contributed by atoms with van der Waals surface area (Å²) < 4.78 is 0. The van der Waals surface area contributed by atoms with Gasteiger partial charge in [-0.3, -0.25) is 4.79 Å². The molecule has 4 nitrogen and oxygen atoms in total. The number of amides is 1. The molecular formula is C23H19N3OS2. The highest BCUT2D eigenvalue weighted by molar-refractivity contribution is 8.00. The summed E-state index contributed by atoms with van der Waals surface area (Å²) in [6.07, 6.45) is 0.908.